The van der Waals surface area contributed by atoms with E-state index in [0.717, 1.165) is 37.4 Å². The molecule has 1 saturated heterocycles. The Kier molecular flexibility index (Phi) is 6.21. The van der Waals surface area contributed by atoms with Crippen LogP contribution in [-0.4, -0.2) is 60.4 Å². The first kappa shape index (κ1) is 13.8. The summed E-state index contributed by atoms with van der Waals surface area (Å²) in [4.78, 5) is 16.2. The third-order valence-corrected chi connectivity index (χ3v) is 4.11. The Labute approximate surface area is 104 Å². The number of likely N-dealkylation sites (tertiary alicyclic amines) is 1. The van der Waals surface area contributed by atoms with Gasteiger partial charge in [0.25, 0.3) is 0 Å². The van der Waals surface area contributed by atoms with E-state index < -0.39 is 0 Å². The summed E-state index contributed by atoms with van der Waals surface area (Å²) in [5, 5.41) is 0. The van der Waals surface area contributed by atoms with Gasteiger partial charge in [0.1, 0.15) is 0 Å². The van der Waals surface area contributed by atoms with Crippen LogP contribution in [0.15, 0.2) is 0 Å². The number of hydrogen-bond acceptors (Lipinski definition) is 3. The molecule has 0 atom stereocenters. The van der Waals surface area contributed by atoms with E-state index in [4.69, 9.17) is 0 Å². The summed E-state index contributed by atoms with van der Waals surface area (Å²) in [6.45, 7) is 4.02. The van der Waals surface area contributed by atoms with Gasteiger partial charge in [0.15, 0.2) is 0 Å². The fourth-order valence-corrected chi connectivity index (χ4v) is 2.70. The Bertz CT molecular complexity index is 213. The van der Waals surface area contributed by atoms with E-state index in [1.54, 1.807) is 0 Å². The molecule has 0 bridgehead atoms. The van der Waals surface area contributed by atoms with Crippen molar-refractivity contribution in [3.05, 3.63) is 0 Å². The van der Waals surface area contributed by atoms with Crippen LogP contribution >= 0.6 is 11.8 Å². The first-order valence-electron chi connectivity index (χ1n) is 6.17. The number of amides is 1. The molecule has 0 saturated carbocycles. The summed E-state index contributed by atoms with van der Waals surface area (Å²) < 4.78 is 0. The highest BCUT2D eigenvalue weighted by Gasteiger charge is 2.23. The van der Waals surface area contributed by atoms with Gasteiger partial charge in [-0.2, -0.15) is 11.8 Å². The Morgan fingerprint density at radius 3 is 2.50 bits per heavy atom. The smallest absolute Gasteiger partial charge is 0.223 e. The molecule has 94 valence electrons. The Morgan fingerprint density at radius 1 is 1.38 bits per heavy atom. The molecule has 1 aliphatic rings. The Morgan fingerprint density at radius 2 is 2.00 bits per heavy atom. The van der Waals surface area contributed by atoms with E-state index in [2.05, 4.69) is 25.9 Å². The molecule has 16 heavy (non-hydrogen) atoms. The molecule has 1 aliphatic heterocycles. The van der Waals surface area contributed by atoms with E-state index in [1.807, 2.05) is 16.7 Å². The maximum atomic E-state index is 11.8. The summed E-state index contributed by atoms with van der Waals surface area (Å²) in [7, 11) is 4.25. The van der Waals surface area contributed by atoms with E-state index in [9.17, 15) is 4.79 Å². The fraction of sp³-hybridized carbons (Fsp3) is 0.917. The predicted octanol–water partition coefficient (Wildman–Crippen LogP) is 1.68. The quantitative estimate of drug-likeness (QED) is 0.688. The van der Waals surface area contributed by atoms with Gasteiger partial charge >= 0.3 is 0 Å². The van der Waals surface area contributed by atoms with Crippen LogP contribution in [-0.2, 0) is 4.79 Å². The number of piperidine rings is 1. The molecule has 0 unspecified atom stereocenters. The molecule has 0 N–H and O–H groups in total. The van der Waals surface area contributed by atoms with Crippen molar-refractivity contribution in [1.82, 2.24) is 9.80 Å². The highest BCUT2D eigenvalue weighted by Crippen LogP contribution is 2.15. The molecule has 0 spiro atoms. The number of carbonyl (C=O) groups excluding carboxylic acids is 1. The molecule has 1 heterocycles. The van der Waals surface area contributed by atoms with Crippen LogP contribution in [0, 0.1) is 0 Å². The zero-order valence-electron chi connectivity index (χ0n) is 10.7. The minimum absolute atomic E-state index is 0.346. The zero-order valence-corrected chi connectivity index (χ0v) is 11.6. The van der Waals surface area contributed by atoms with Gasteiger partial charge in [0.05, 0.1) is 0 Å². The minimum atomic E-state index is 0.346. The Balaban J connectivity index is 2.22. The van der Waals surface area contributed by atoms with Gasteiger partial charge in [0.2, 0.25) is 5.91 Å². The van der Waals surface area contributed by atoms with E-state index in [-0.39, 0.29) is 0 Å². The highest BCUT2D eigenvalue weighted by molar-refractivity contribution is 7.99. The van der Waals surface area contributed by atoms with Crippen molar-refractivity contribution in [2.24, 2.45) is 0 Å². The molecule has 0 aromatic rings. The van der Waals surface area contributed by atoms with Gasteiger partial charge in [-0.05, 0) is 32.7 Å². The second-order valence-electron chi connectivity index (χ2n) is 4.52. The first-order chi connectivity index (χ1) is 7.65. The molecule has 1 amide bonds. The van der Waals surface area contributed by atoms with Crippen molar-refractivity contribution in [2.75, 3.05) is 38.7 Å². The van der Waals surface area contributed by atoms with Crippen molar-refractivity contribution in [2.45, 2.75) is 32.2 Å². The molecule has 0 aromatic carbocycles. The summed E-state index contributed by atoms with van der Waals surface area (Å²) in [6, 6.07) is 0.661. The first-order valence-corrected chi connectivity index (χ1v) is 7.32. The summed E-state index contributed by atoms with van der Waals surface area (Å²) >= 11 is 1.85. The van der Waals surface area contributed by atoms with Crippen molar-refractivity contribution >= 4 is 17.7 Å². The lowest BCUT2D eigenvalue weighted by Crippen LogP contribution is -2.44. The standard InChI is InChI=1S/C12H24N2OS/c1-4-16-10-7-12(15)14-8-5-11(6-9-14)13(2)3/h11H,4-10H2,1-3H3. The summed E-state index contributed by atoms with van der Waals surface area (Å²) in [5.74, 6) is 2.43. The van der Waals surface area contributed by atoms with Crippen LogP contribution in [0.25, 0.3) is 0 Å². The molecular formula is C12H24N2OS. The van der Waals surface area contributed by atoms with Gasteiger partial charge in [-0.25, -0.2) is 0 Å². The van der Waals surface area contributed by atoms with Gasteiger partial charge in [-0.1, -0.05) is 6.92 Å². The molecule has 0 radical (unpaired) electrons. The van der Waals surface area contributed by atoms with Crippen molar-refractivity contribution < 1.29 is 4.79 Å². The van der Waals surface area contributed by atoms with Crippen LogP contribution in [0.1, 0.15) is 26.2 Å². The second kappa shape index (κ2) is 7.17. The van der Waals surface area contributed by atoms with Gasteiger partial charge in [-0.15, -0.1) is 0 Å². The van der Waals surface area contributed by atoms with Gasteiger partial charge in [0, 0.05) is 31.3 Å². The molecule has 3 nitrogen and oxygen atoms in total. The summed E-state index contributed by atoms with van der Waals surface area (Å²) in [5.41, 5.74) is 0. The average Bonchev–Trinajstić information content (AvgIpc) is 2.29. The molecule has 1 fully saturated rings. The lowest BCUT2D eigenvalue weighted by atomic mass is 10.0. The van der Waals surface area contributed by atoms with Crippen molar-refractivity contribution in [3.63, 3.8) is 0 Å². The van der Waals surface area contributed by atoms with E-state index in [0.29, 0.717) is 18.4 Å². The lowest BCUT2D eigenvalue weighted by molar-refractivity contribution is -0.132. The van der Waals surface area contributed by atoms with Crippen LogP contribution < -0.4 is 0 Å². The maximum Gasteiger partial charge on any atom is 0.223 e. The zero-order chi connectivity index (χ0) is 12.0. The Hall–Kier alpha value is -0.220. The molecule has 1 rings (SSSR count). The number of thioether (sulfide) groups is 1. The monoisotopic (exact) mass is 244 g/mol. The van der Waals surface area contributed by atoms with Crippen LogP contribution in [0.4, 0.5) is 0 Å². The van der Waals surface area contributed by atoms with Gasteiger partial charge in [-0.3, -0.25) is 4.79 Å². The predicted molar refractivity (Wildman–Crippen MR) is 70.9 cm³/mol. The number of rotatable bonds is 5. The highest BCUT2D eigenvalue weighted by atomic mass is 32.2. The number of nitrogens with zero attached hydrogens (tertiary/aromatic N) is 2. The minimum Gasteiger partial charge on any atom is -0.343 e. The normalized spacial score (nSPS) is 18.1. The van der Waals surface area contributed by atoms with Gasteiger partial charge < -0.3 is 9.80 Å². The lowest BCUT2D eigenvalue weighted by Gasteiger charge is -2.35. The maximum absolute atomic E-state index is 11.8. The largest absolute Gasteiger partial charge is 0.343 e. The SMILES string of the molecule is CCSCCC(=O)N1CCC(N(C)C)CC1. The topological polar surface area (TPSA) is 23.6 Å². The molecule has 0 aromatic heterocycles. The van der Waals surface area contributed by atoms with E-state index in [1.165, 1.54) is 0 Å². The average molecular weight is 244 g/mol. The fourth-order valence-electron chi connectivity index (χ4n) is 2.09. The molecule has 4 heteroatoms. The molecule has 0 aliphatic carbocycles. The number of carbonyl (C=O) groups is 1. The van der Waals surface area contributed by atoms with Crippen LogP contribution in [0.3, 0.4) is 0 Å². The van der Waals surface area contributed by atoms with Crippen LogP contribution in [0.2, 0.25) is 0 Å². The van der Waals surface area contributed by atoms with E-state index >= 15 is 0 Å². The third-order valence-electron chi connectivity index (χ3n) is 3.21. The third kappa shape index (κ3) is 4.34. The van der Waals surface area contributed by atoms with Crippen molar-refractivity contribution in [3.8, 4) is 0 Å². The summed E-state index contributed by atoms with van der Waals surface area (Å²) in [6.07, 6.45) is 2.96. The molecular weight excluding hydrogens is 220 g/mol. The van der Waals surface area contributed by atoms with Crippen LogP contribution in [0.5, 0.6) is 0 Å². The number of hydrogen-bond donors (Lipinski definition) is 0. The second-order valence-corrected chi connectivity index (χ2v) is 5.92. The van der Waals surface area contributed by atoms with Crippen molar-refractivity contribution in [1.29, 1.82) is 0 Å².